The molecule has 4 saturated carbocycles. The minimum absolute atomic E-state index is 0.532. The van der Waals surface area contributed by atoms with Gasteiger partial charge >= 0.3 is 0 Å². The third-order valence-electron chi connectivity index (χ3n) is 6.41. The smallest absolute Gasteiger partial charge is 0.126 e. The SMILES string of the molecule is c1cn2c(n1)C(C13CC4CC(CC(C4)C1)C3)NCC2. The Balaban J connectivity index is 1.57. The second kappa shape index (κ2) is 3.63. The molecule has 1 aromatic heterocycles. The molecule has 6 rings (SSSR count). The lowest BCUT2D eigenvalue weighted by molar-refractivity contribution is -0.0790. The zero-order chi connectivity index (χ0) is 12.4. The maximum Gasteiger partial charge on any atom is 0.126 e. The normalized spacial score (nSPS) is 47.4. The highest BCUT2D eigenvalue weighted by Gasteiger charge is 2.55. The molecule has 3 heteroatoms. The quantitative estimate of drug-likeness (QED) is 0.838. The lowest BCUT2D eigenvalue weighted by Gasteiger charge is -2.59. The van der Waals surface area contributed by atoms with Gasteiger partial charge in [-0.25, -0.2) is 4.98 Å². The molecule has 4 bridgehead atoms. The summed E-state index contributed by atoms with van der Waals surface area (Å²) >= 11 is 0. The fourth-order valence-corrected chi connectivity index (χ4v) is 6.21. The molecule has 1 atom stereocenters. The summed E-state index contributed by atoms with van der Waals surface area (Å²) in [6.07, 6.45) is 13.1. The zero-order valence-corrected chi connectivity index (χ0v) is 11.5. The van der Waals surface area contributed by atoms with Crippen molar-refractivity contribution in [1.82, 2.24) is 14.9 Å². The first-order valence-corrected chi connectivity index (χ1v) is 8.07. The second-order valence-electron chi connectivity index (χ2n) is 7.65. The van der Waals surface area contributed by atoms with E-state index in [1.54, 1.807) is 0 Å². The molecule has 1 N–H and O–H groups in total. The van der Waals surface area contributed by atoms with Crippen molar-refractivity contribution in [2.75, 3.05) is 6.54 Å². The van der Waals surface area contributed by atoms with Gasteiger partial charge in [0.25, 0.3) is 0 Å². The van der Waals surface area contributed by atoms with Gasteiger partial charge in [0.15, 0.2) is 0 Å². The van der Waals surface area contributed by atoms with E-state index in [1.807, 2.05) is 6.20 Å². The van der Waals surface area contributed by atoms with Gasteiger partial charge in [-0.15, -0.1) is 0 Å². The molecule has 0 aromatic carbocycles. The van der Waals surface area contributed by atoms with Crippen molar-refractivity contribution in [3.8, 4) is 0 Å². The Morgan fingerprint density at radius 2 is 1.79 bits per heavy atom. The van der Waals surface area contributed by atoms with Gasteiger partial charge in [-0.3, -0.25) is 0 Å². The summed E-state index contributed by atoms with van der Waals surface area (Å²) in [5, 5.41) is 3.84. The lowest BCUT2D eigenvalue weighted by Crippen LogP contribution is -2.54. The van der Waals surface area contributed by atoms with Gasteiger partial charge in [0.1, 0.15) is 5.82 Å². The molecular formula is C16H23N3. The Morgan fingerprint density at radius 1 is 1.11 bits per heavy atom. The summed E-state index contributed by atoms with van der Waals surface area (Å²) in [6, 6.07) is 0.532. The number of hydrogen-bond acceptors (Lipinski definition) is 2. The van der Waals surface area contributed by atoms with Crippen LogP contribution in [0, 0.1) is 23.2 Å². The summed E-state index contributed by atoms with van der Waals surface area (Å²) in [4.78, 5) is 4.70. The van der Waals surface area contributed by atoms with E-state index in [0.29, 0.717) is 11.5 Å². The van der Waals surface area contributed by atoms with Crippen molar-refractivity contribution < 1.29 is 0 Å². The summed E-state index contributed by atoms with van der Waals surface area (Å²) in [5.74, 6) is 4.41. The van der Waals surface area contributed by atoms with Crippen molar-refractivity contribution in [3.63, 3.8) is 0 Å². The van der Waals surface area contributed by atoms with E-state index in [9.17, 15) is 0 Å². The number of fused-ring (bicyclic) bond motifs is 1. The van der Waals surface area contributed by atoms with Crippen LogP contribution in [0.1, 0.15) is 50.4 Å². The molecule has 0 saturated heterocycles. The van der Waals surface area contributed by atoms with Crippen molar-refractivity contribution in [2.45, 2.75) is 51.1 Å². The van der Waals surface area contributed by atoms with Crippen molar-refractivity contribution in [1.29, 1.82) is 0 Å². The molecule has 0 radical (unpaired) electrons. The molecule has 19 heavy (non-hydrogen) atoms. The fraction of sp³-hybridized carbons (Fsp3) is 0.812. The lowest BCUT2D eigenvalue weighted by atomic mass is 9.47. The molecule has 4 aliphatic carbocycles. The third-order valence-corrected chi connectivity index (χ3v) is 6.41. The van der Waals surface area contributed by atoms with Gasteiger partial charge in [0.05, 0.1) is 6.04 Å². The molecule has 2 heterocycles. The predicted octanol–water partition coefficient (Wildman–Crippen LogP) is 2.74. The maximum absolute atomic E-state index is 4.70. The minimum Gasteiger partial charge on any atom is -0.332 e. The Morgan fingerprint density at radius 3 is 2.47 bits per heavy atom. The van der Waals surface area contributed by atoms with E-state index in [0.717, 1.165) is 30.8 Å². The third kappa shape index (κ3) is 1.45. The molecule has 1 aromatic rings. The molecule has 5 aliphatic rings. The first kappa shape index (κ1) is 10.9. The van der Waals surface area contributed by atoms with Crippen LogP contribution < -0.4 is 5.32 Å². The highest BCUT2D eigenvalue weighted by Crippen LogP contribution is 2.64. The summed E-state index contributed by atoms with van der Waals surface area (Å²) in [7, 11) is 0. The number of nitrogens with one attached hydrogen (secondary N) is 1. The van der Waals surface area contributed by atoms with Gasteiger partial charge < -0.3 is 9.88 Å². The van der Waals surface area contributed by atoms with Crippen molar-refractivity contribution in [3.05, 3.63) is 18.2 Å². The predicted molar refractivity (Wildman–Crippen MR) is 73.6 cm³/mol. The van der Waals surface area contributed by atoms with E-state index in [-0.39, 0.29) is 0 Å². The standard InChI is InChI=1S/C16H23N3/c1-3-19-4-2-18-15(19)14(17-1)16-8-11-5-12(9-16)7-13(6-11)10-16/h2,4,11-14,17H,1,3,5-10H2. The van der Waals surface area contributed by atoms with Crippen LogP contribution in [0.2, 0.25) is 0 Å². The van der Waals surface area contributed by atoms with Gasteiger partial charge in [-0.1, -0.05) is 0 Å². The minimum atomic E-state index is 0.532. The van der Waals surface area contributed by atoms with Crippen LogP contribution in [0.5, 0.6) is 0 Å². The van der Waals surface area contributed by atoms with Crippen LogP contribution in [0.25, 0.3) is 0 Å². The number of hydrogen-bond donors (Lipinski definition) is 1. The average molecular weight is 257 g/mol. The zero-order valence-electron chi connectivity index (χ0n) is 11.5. The average Bonchev–Trinajstić information content (AvgIpc) is 2.84. The molecule has 0 spiro atoms. The van der Waals surface area contributed by atoms with Crippen LogP contribution in [-0.2, 0) is 6.54 Å². The van der Waals surface area contributed by atoms with Crippen molar-refractivity contribution >= 4 is 0 Å². The Hall–Kier alpha value is -0.830. The van der Waals surface area contributed by atoms with Crippen LogP contribution in [-0.4, -0.2) is 16.1 Å². The Bertz CT molecular complexity index is 469. The summed E-state index contributed by atoms with van der Waals surface area (Å²) < 4.78 is 2.39. The Labute approximate surface area is 114 Å². The monoisotopic (exact) mass is 257 g/mol. The van der Waals surface area contributed by atoms with Crippen LogP contribution >= 0.6 is 0 Å². The van der Waals surface area contributed by atoms with E-state index >= 15 is 0 Å². The first-order chi connectivity index (χ1) is 9.32. The van der Waals surface area contributed by atoms with E-state index in [1.165, 1.54) is 44.3 Å². The van der Waals surface area contributed by atoms with Crippen molar-refractivity contribution in [2.24, 2.45) is 23.2 Å². The van der Waals surface area contributed by atoms with Gasteiger partial charge in [-0.2, -0.15) is 0 Å². The molecule has 1 unspecified atom stereocenters. The fourth-order valence-electron chi connectivity index (χ4n) is 6.21. The molecule has 1 aliphatic heterocycles. The van der Waals surface area contributed by atoms with Gasteiger partial charge in [0, 0.05) is 25.5 Å². The van der Waals surface area contributed by atoms with E-state index in [2.05, 4.69) is 16.1 Å². The second-order valence-corrected chi connectivity index (χ2v) is 7.65. The molecule has 102 valence electrons. The van der Waals surface area contributed by atoms with Crippen LogP contribution in [0.4, 0.5) is 0 Å². The maximum atomic E-state index is 4.70. The van der Waals surface area contributed by atoms with Gasteiger partial charge in [0.2, 0.25) is 0 Å². The number of aromatic nitrogens is 2. The number of imidazole rings is 1. The van der Waals surface area contributed by atoms with Crippen LogP contribution in [0.15, 0.2) is 12.4 Å². The molecule has 0 amide bonds. The van der Waals surface area contributed by atoms with E-state index < -0.39 is 0 Å². The molecule has 4 fully saturated rings. The molecule has 3 nitrogen and oxygen atoms in total. The molecular weight excluding hydrogens is 234 g/mol. The van der Waals surface area contributed by atoms with Crippen LogP contribution in [0.3, 0.4) is 0 Å². The largest absolute Gasteiger partial charge is 0.332 e. The van der Waals surface area contributed by atoms with Gasteiger partial charge in [-0.05, 0) is 61.7 Å². The highest BCUT2D eigenvalue weighted by atomic mass is 15.2. The highest BCUT2D eigenvalue weighted by molar-refractivity contribution is 5.14. The van der Waals surface area contributed by atoms with E-state index in [4.69, 9.17) is 4.98 Å². The Kier molecular flexibility index (Phi) is 2.08. The number of rotatable bonds is 1. The number of nitrogens with zero attached hydrogens (tertiary/aromatic N) is 2. The summed E-state index contributed by atoms with van der Waals surface area (Å²) in [6.45, 7) is 2.22. The first-order valence-electron chi connectivity index (χ1n) is 8.07. The topological polar surface area (TPSA) is 29.9 Å². The summed E-state index contributed by atoms with van der Waals surface area (Å²) in [5.41, 5.74) is 0.540.